The van der Waals surface area contributed by atoms with Crippen molar-refractivity contribution in [3.63, 3.8) is 0 Å². The molecule has 0 aliphatic heterocycles. The molecule has 2 heterocycles. The smallest absolute Gasteiger partial charge is 0.146 e. The molecule has 0 bridgehead atoms. The first-order chi connectivity index (χ1) is 10.2. The zero-order chi connectivity index (χ0) is 14.8. The van der Waals surface area contributed by atoms with Gasteiger partial charge in [-0.2, -0.15) is 5.10 Å². The van der Waals surface area contributed by atoms with Crippen molar-refractivity contribution < 1.29 is 4.39 Å². The molecule has 0 fully saturated rings. The lowest BCUT2D eigenvalue weighted by Gasteiger charge is -2.15. The predicted molar refractivity (Wildman–Crippen MR) is 78.7 cm³/mol. The largest absolute Gasteiger partial charge is 0.271 e. The molecule has 2 aromatic heterocycles. The van der Waals surface area contributed by atoms with Gasteiger partial charge >= 0.3 is 0 Å². The third-order valence-electron chi connectivity index (χ3n) is 3.61. The number of para-hydroxylation sites is 1. The van der Waals surface area contributed by atoms with Gasteiger partial charge in [0.2, 0.25) is 0 Å². The van der Waals surface area contributed by atoms with E-state index in [4.69, 9.17) is 5.84 Å². The van der Waals surface area contributed by atoms with Crippen LogP contribution < -0.4 is 11.3 Å². The lowest BCUT2D eigenvalue weighted by atomic mass is 10.0. The lowest BCUT2D eigenvalue weighted by Crippen LogP contribution is -2.30. The second kappa shape index (κ2) is 5.59. The molecule has 5 nitrogen and oxygen atoms in total. The first-order valence-electron chi connectivity index (χ1n) is 6.67. The minimum absolute atomic E-state index is 0.355. The summed E-state index contributed by atoms with van der Waals surface area (Å²) in [6, 6.07) is 9.22. The van der Waals surface area contributed by atoms with Gasteiger partial charge in [-0.1, -0.05) is 18.2 Å². The van der Waals surface area contributed by atoms with Crippen LogP contribution in [0.5, 0.6) is 0 Å². The van der Waals surface area contributed by atoms with Gasteiger partial charge in [-0.25, -0.2) is 4.39 Å². The van der Waals surface area contributed by atoms with E-state index in [0.717, 1.165) is 16.6 Å². The van der Waals surface area contributed by atoms with Crippen LogP contribution in [0, 0.1) is 5.82 Å². The number of rotatable bonds is 4. The van der Waals surface area contributed by atoms with Crippen molar-refractivity contribution in [2.24, 2.45) is 12.9 Å². The Kier molecular flexibility index (Phi) is 3.64. The maximum Gasteiger partial charge on any atom is 0.146 e. The Morgan fingerprint density at radius 1 is 1.33 bits per heavy atom. The Balaban J connectivity index is 1.99. The molecule has 0 saturated carbocycles. The van der Waals surface area contributed by atoms with Crippen LogP contribution >= 0.6 is 0 Å². The summed E-state index contributed by atoms with van der Waals surface area (Å²) in [7, 11) is 1.89. The number of aromatic nitrogens is 3. The molecular weight excluding hydrogens is 269 g/mol. The van der Waals surface area contributed by atoms with E-state index in [9.17, 15) is 4.39 Å². The fraction of sp³-hybridized carbons (Fsp3) is 0.200. The van der Waals surface area contributed by atoms with Crippen LogP contribution in [0.2, 0.25) is 0 Å². The molecule has 0 amide bonds. The second-order valence-corrected chi connectivity index (χ2v) is 4.91. The monoisotopic (exact) mass is 285 g/mol. The molecule has 6 heteroatoms. The van der Waals surface area contributed by atoms with Crippen molar-refractivity contribution in [2.45, 2.75) is 12.5 Å². The fourth-order valence-electron chi connectivity index (χ4n) is 2.56. The maximum atomic E-state index is 13.9. The summed E-state index contributed by atoms with van der Waals surface area (Å²) in [5.74, 6) is 5.23. The Morgan fingerprint density at radius 2 is 2.14 bits per heavy atom. The maximum absolute atomic E-state index is 13.9. The van der Waals surface area contributed by atoms with Gasteiger partial charge in [-0.15, -0.1) is 0 Å². The summed E-state index contributed by atoms with van der Waals surface area (Å²) < 4.78 is 15.7. The fourth-order valence-corrected chi connectivity index (χ4v) is 2.56. The summed E-state index contributed by atoms with van der Waals surface area (Å²) in [4.78, 5) is 3.76. The van der Waals surface area contributed by atoms with E-state index in [1.54, 1.807) is 12.3 Å². The molecular formula is C15H16FN5. The summed E-state index contributed by atoms with van der Waals surface area (Å²) in [6.45, 7) is 0. The molecule has 21 heavy (non-hydrogen) atoms. The molecule has 1 atom stereocenters. The number of hydrazine groups is 1. The predicted octanol–water partition coefficient (Wildman–Crippen LogP) is 1.85. The van der Waals surface area contributed by atoms with E-state index in [1.165, 1.54) is 6.20 Å². The van der Waals surface area contributed by atoms with Gasteiger partial charge in [0.05, 0.1) is 23.4 Å². The number of halogens is 1. The summed E-state index contributed by atoms with van der Waals surface area (Å²) in [6.07, 6.45) is 3.24. The number of nitrogens with one attached hydrogen (secondary N) is 1. The average Bonchev–Trinajstić information content (AvgIpc) is 2.82. The SMILES string of the molecule is Cn1nc(CC(NN)c2ccncc2F)c2ccccc21. The Bertz CT molecular complexity index is 768. The molecule has 0 spiro atoms. The Hall–Kier alpha value is -2.31. The van der Waals surface area contributed by atoms with Crippen LogP contribution in [0.1, 0.15) is 17.3 Å². The highest BCUT2D eigenvalue weighted by molar-refractivity contribution is 5.81. The van der Waals surface area contributed by atoms with E-state index in [2.05, 4.69) is 15.5 Å². The van der Waals surface area contributed by atoms with E-state index < -0.39 is 0 Å². The topological polar surface area (TPSA) is 68.8 Å². The van der Waals surface area contributed by atoms with Crippen LogP contribution in [-0.2, 0) is 13.5 Å². The molecule has 0 aliphatic rings. The zero-order valence-corrected chi connectivity index (χ0v) is 11.6. The Labute approximate surface area is 121 Å². The van der Waals surface area contributed by atoms with Gasteiger partial charge in [0.25, 0.3) is 0 Å². The normalized spacial score (nSPS) is 12.7. The molecule has 0 radical (unpaired) electrons. The van der Waals surface area contributed by atoms with Gasteiger partial charge < -0.3 is 0 Å². The van der Waals surface area contributed by atoms with Gasteiger partial charge in [-0.3, -0.25) is 20.9 Å². The molecule has 3 N–H and O–H groups in total. The summed E-state index contributed by atoms with van der Waals surface area (Å²) >= 11 is 0. The van der Waals surface area contributed by atoms with Crippen LogP contribution in [0.4, 0.5) is 4.39 Å². The van der Waals surface area contributed by atoms with Crippen LogP contribution in [0.25, 0.3) is 10.9 Å². The molecule has 0 saturated heterocycles. The van der Waals surface area contributed by atoms with Gasteiger partial charge in [0.15, 0.2) is 0 Å². The van der Waals surface area contributed by atoms with E-state index >= 15 is 0 Å². The second-order valence-electron chi connectivity index (χ2n) is 4.91. The van der Waals surface area contributed by atoms with Crippen molar-refractivity contribution in [1.82, 2.24) is 20.2 Å². The zero-order valence-electron chi connectivity index (χ0n) is 11.6. The highest BCUT2D eigenvalue weighted by atomic mass is 19.1. The Morgan fingerprint density at radius 3 is 2.90 bits per heavy atom. The number of nitrogens with two attached hydrogens (primary N) is 1. The number of nitrogens with zero attached hydrogens (tertiary/aromatic N) is 3. The van der Waals surface area contributed by atoms with Crippen molar-refractivity contribution >= 4 is 10.9 Å². The molecule has 3 rings (SSSR count). The quantitative estimate of drug-likeness (QED) is 0.567. The van der Waals surface area contributed by atoms with E-state index in [-0.39, 0.29) is 11.9 Å². The number of aryl methyl sites for hydroxylation is 1. The highest BCUT2D eigenvalue weighted by Gasteiger charge is 2.18. The molecule has 1 unspecified atom stereocenters. The van der Waals surface area contributed by atoms with Crippen molar-refractivity contribution in [3.05, 3.63) is 59.8 Å². The van der Waals surface area contributed by atoms with Crippen LogP contribution in [0.3, 0.4) is 0 Å². The summed E-state index contributed by atoms with van der Waals surface area (Å²) in [5, 5.41) is 5.57. The van der Waals surface area contributed by atoms with Crippen LogP contribution in [-0.4, -0.2) is 14.8 Å². The van der Waals surface area contributed by atoms with Gasteiger partial charge in [-0.05, 0) is 12.1 Å². The number of benzene rings is 1. The average molecular weight is 285 g/mol. The standard InChI is InChI=1S/C15H16FN5/c1-21-15-5-3-2-4-11(15)14(20-21)8-13(19-17)10-6-7-18-9-12(10)16/h2-7,9,13,19H,8,17H2,1H3. The van der Waals surface area contributed by atoms with Crippen LogP contribution in [0.15, 0.2) is 42.7 Å². The first-order valence-corrected chi connectivity index (χ1v) is 6.67. The number of hydrogen-bond donors (Lipinski definition) is 2. The lowest BCUT2D eigenvalue weighted by molar-refractivity contribution is 0.503. The minimum Gasteiger partial charge on any atom is -0.271 e. The molecule has 0 aliphatic carbocycles. The number of pyridine rings is 1. The highest BCUT2D eigenvalue weighted by Crippen LogP contribution is 2.24. The molecule has 1 aromatic carbocycles. The molecule has 108 valence electrons. The van der Waals surface area contributed by atoms with Gasteiger partial charge in [0.1, 0.15) is 5.82 Å². The first kappa shape index (κ1) is 13.7. The molecule has 3 aromatic rings. The number of fused-ring (bicyclic) bond motifs is 1. The van der Waals surface area contributed by atoms with E-state index in [0.29, 0.717) is 12.0 Å². The summed E-state index contributed by atoms with van der Waals surface area (Å²) in [5.41, 5.74) is 5.07. The van der Waals surface area contributed by atoms with Gasteiger partial charge in [0, 0.05) is 30.6 Å². The third kappa shape index (κ3) is 2.51. The third-order valence-corrected chi connectivity index (χ3v) is 3.61. The van der Waals surface area contributed by atoms with E-state index in [1.807, 2.05) is 36.0 Å². The van der Waals surface area contributed by atoms with Crippen molar-refractivity contribution in [1.29, 1.82) is 0 Å². The number of hydrogen-bond acceptors (Lipinski definition) is 4. The van der Waals surface area contributed by atoms with Crippen molar-refractivity contribution in [2.75, 3.05) is 0 Å². The minimum atomic E-state index is -0.374. The van der Waals surface area contributed by atoms with Crippen molar-refractivity contribution in [3.8, 4) is 0 Å².